The molecule has 1 aliphatic rings. The van der Waals surface area contributed by atoms with E-state index in [9.17, 15) is 0 Å². The van der Waals surface area contributed by atoms with Crippen LogP contribution in [-0.4, -0.2) is 43.6 Å². The second-order valence-corrected chi connectivity index (χ2v) is 3.54. The average molecular weight is 224 g/mol. The lowest BCUT2D eigenvalue weighted by Gasteiger charge is -2.22. The SMILES string of the molecule is OC(O)(O)CCC1N=Cc2nccnc2N1. The van der Waals surface area contributed by atoms with E-state index < -0.39 is 5.97 Å². The van der Waals surface area contributed by atoms with E-state index in [0.717, 1.165) is 0 Å². The number of rotatable bonds is 3. The van der Waals surface area contributed by atoms with Crippen molar-refractivity contribution in [2.45, 2.75) is 25.0 Å². The predicted octanol–water partition coefficient (Wildman–Crippen LogP) is -0.942. The quantitative estimate of drug-likeness (QED) is 0.493. The van der Waals surface area contributed by atoms with Gasteiger partial charge in [-0.25, -0.2) is 9.97 Å². The molecule has 7 nitrogen and oxygen atoms in total. The van der Waals surface area contributed by atoms with Crippen LogP contribution in [0.15, 0.2) is 17.4 Å². The summed E-state index contributed by atoms with van der Waals surface area (Å²) in [7, 11) is 0. The molecule has 0 saturated carbocycles. The fourth-order valence-electron chi connectivity index (χ4n) is 1.39. The molecule has 86 valence electrons. The topological polar surface area (TPSA) is 111 Å². The predicted molar refractivity (Wildman–Crippen MR) is 55.7 cm³/mol. The van der Waals surface area contributed by atoms with Gasteiger partial charge in [-0.1, -0.05) is 0 Å². The Hall–Kier alpha value is -1.57. The van der Waals surface area contributed by atoms with Crippen molar-refractivity contribution in [1.82, 2.24) is 9.97 Å². The number of nitrogens with zero attached hydrogens (tertiary/aromatic N) is 3. The van der Waals surface area contributed by atoms with Crippen LogP contribution in [0.25, 0.3) is 0 Å². The minimum absolute atomic E-state index is 0.197. The molecule has 1 atom stereocenters. The molecule has 0 amide bonds. The van der Waals surface area contributed by atoms with Gasteiger partial charge in [-0.3, -0.25) is 4.99 Å². The first kappa shape index (κ1) is 10.9. The highest BCUT2D eigenvalue weighted by Gasteiger charge is 2.22. The fraction of sp³-hybridized carbons (Fsp3) is 0.444. The molecule has 1 aromatic heterocycles. The molecular weight excluding hydrogens is 212 g/mol. The van der Waals surface area contributed by atoms with Gasteiger partial charge in [0.2, 0.25) is 0 Å². The number of nitrogens with one attached hydrogen (secondary N) is 1. The van der Waals surface area contributed by atoms with E-state index in [-0.39, 0.29) is 19.0 Å². The number of aliphatic hydroxyl groups is 3. The molecule has 0 radical (unpaired) electrons. The third-order valence-electron chi connectivity index (χ3n) is 2.16. The van der Waals surface area contributed by atoms with Gasteiger partial charge in [-0.2, -0.15) is 0 Å². The van der Waals surface area contributed by atoms with Crippen LogP contribution in [0.4, 0.5) is 5.82 Å². The van der Waals surface area contributed by atoms with Crippen molar-refractivity contribution in [2.24, 2.45) is 4.99 Å². The van der Waals surface area contributed by atoms with Gasteiger partial charge < -0.3 is 20.6 Å². The van der Waals surface area contributed by atoms with E-state index in [2.05, 4.69) is 20.3 Å². The Morgan fingerprint density at radius 3 is 2.75 bits per heavy atom. The van der Waals surface area contributed by atoms with Gasteiger partial charge in [0.15, 0.2) is 5.82 Å². The summed E-state index contributed by atoms with van der Waals surface area (Å²) in [5, 5.41) is 29.2. The van der Waals surface area contributed by atoms with Crippen LogP contribution >= 0.6 is 0 Å². The van der Waals surface area contributed by atoms with Gasteiger partial charge in [0.1, 0.15) is 11.9 Å². The second kappa shape index (κ2) is 4.12. The normalized spacial score (nSPS) is 19.1. The highest BCUT2D eigenvalue weighted by Crippen LogP contribution is 2.17. The molecule has 0 aromatic carbocycles. The molecule has 1 unspecified atom stereocenters. The maximum Gasteiger partial charge on any atom is 0.275 e. The molecule has 0 spiro atoms. The van der Waals surface area contributed by atoms with E-state index >= 15 is 0 Å². The number of anilines is 1. The summed E-state index contributed by atoms with van der Waals surface area (Å²) in [4.78, 5) is 12.2. The van der Waals surface area contributed by atoms with Crippen molar-refractivity contribution in [1.29, 1.82) is 0 Å². The van der Waals surface area contributed by atoms with Gasteiger partial charge in [0, 0.05) is 18.8 Å². The molecule has 2 rings (SSSR count). The largest absolute Gasteiger partial charge is 0.347 e. The van der Waals surface area contributed by atoms with Crippen molar-refractivity contribution < 1.29 is 15.3 Å². The molecule has 1 aliphatic heterocycles. The Labute approximate surface area is 91.5 Å². The maximum atomic E-state index is 8.75. The van der Waals surface area contributed by atoms with Crippen LogP contribution in [0.2, 0.25) is 0 Å². The number of hydrogen-bond donors (Lipinski definition) is 4. The van der Waals surface area contributed by atoms with E-state index in [1.165, 1.54) is 0 Å². The average Bonchev–Trinajstić information content (AvgIpc) is 2.25. The number of fused-ring (bicyclic) bond motifs is 1. The van der Waals surface area contributed by atoms with Crippen molar-refractivity contribution >= 4 is 12.0 Å². The van der Waals surface area contributed by atoms with Crippen molar-refractivity contribution in [2.75, 3.05) is 5.32 Å². The zero-order chi connectivity index (χ0) is 11.6. The second-order valence-electron chi connectivity index (χ2n) is 3.54. The molecule has 2 heterocycles. The Morgan fingerprint density at radius 2 is 2.00 bits per heavy atom. The van der Waals surface area contributed by atoms with E-state index in [0.29, 0.717) is 11.5 Å². The zero-order valence-corrected chi connectivity index (χ0v) is 8.41. The summed E-state index contributed by atoms with van der Waals surface area (Å²) in [5.41, 5.74) is 0.641. The standard InChI is InChI=1S/C9H12N4O3/c14-9(15,16)2-1-7-12-5-6-8(13-7)11-4-3-10-6/h3-5,7,14-16H,1-2H2,(H,11,13). The van der Waals surface area contributed by atoms with Gasteiger partial charge >= 0.3 is 0 Å². The first-order chi connectivity index (χ1) is 7.54. The highest BCUT2D eigenvalue weighted by molar-refractivity contribution is 5.85. The molecule has 0 aliphatic carbocycles. The lowest BCUT2D eigenvalue weighted by atomic mass is 10.2. The third-order valence-corrected chi connectivity index (χ3v) is 2.16. The molecule has 0 bridgehead atoms. The van der Waals surface area contributed by atoms with Crippen LogP contribution in [0.3, 0.4) is 0 Å². The van der Waals surface area contributed by atoms with Crippen LogP contribution in [0, 0.1) is 0 Å². The third kappa shape index (κ3) is 2.72. The Morgan fingerprint density at radius 1 is 1.25 bits per heavy atom. The van der Waals surface area contributed by atoms with Gasteiger partial charge in [-0.15, -0.1) is 0 Å². The lowest BCUT2D eigenvalue weighted by molar-refractivity contribution is -0.315. The fourth-order valence-corrected chi connectivity index (χ4v) is 1.39. The van der Waals surface area contributed by atoms with Crippen molar-refractivity contribution in [3.8, 4) is 0 Å². The van der Waals surface area contributed by atoms with Crippen LogP contribution in [-0.2, 0) is 0 Å². The Kier molecular flexibility index (Phi) is 2.82. The molecule has 7 heteroatoms. The maximum absolute atomic E-state index is 8.75. The van der Waals surface area contributed by atoms with Gasteiger partial charge in [0.05, 0.1) is 6.21 Å². The summed E-state index contributed by atoms with van der Waals surface area (Å²) in [6.07, 6.45) is 4.42. The van der Waals surface area contributed by atoms with Crippen LogP contribution in [0.1, 0.15) is 18.5 Å². The number of hydrogen-bond acceptors (Lipinski definition) is 7. The van der Waals surface area contributed by atoms with E-state index in [4.69, 9.17) is 15.3 Å². The summed E-state index contributed by atoms with van der Waals surface area (Å²) in [6.45, 7) is 0. The first-order valence-corrected chi connectivity index (χ1v) is 4.82. The Bertz CT molecular complexity index is 402. The monoisotopic (exact) mass is 224 g/mol. The van der Waals surface area contributed by atoms with Gasteiger partial charge in [-0.05, 0) is 6.42 Å². The lowest BCUT2D eigenvalue weighted by Crippen LogP contribution is -2.31. The zero-order valence-electron chi connectivity index (χ0n) is 8.41. The van der Waals surface area contributed by atoms with Gasteiger partial charge in [0.25, 0.3) is 5.97 Å². The van der Waals surface area contributed by atoms with E-state index in [1.807, 2.05) is 0 Å². The molecule has 4 N–H and O–H groups in total. The van der Waals surface area contributed by atoms with Crippen molar-refractivity contribution in [3.63, 3.8) is 0 Å². The highest BCUT2D eigenvalue weighted by atomic mass is 16.7. The first-order valence-electron chi connectivity index (χ1n) is 4.82. The minimum Gasteiger partial charge on any atom is -0.347 e. The Balaban J connectivity index is 1.98. The smallest absolute Gasteiger partial charge is 0.275 e. The molecule has 16 heavy (non-hydrogen) atoms. The number of aromatic nitrogens is 2. The summed E-state index contributed by atoms with van der Waals surface area (Å²) in [6, 6.07) is 0. The molecular formula is C9H12N4O3. The summed E-state index contributed by atoms with van der Waals surface area (Å²) >= 11 is 0. The molecule has 0 fully saturated rings. The van der Waals surface area contributed by atoms with Crippen LogP contribution in [0.5, 0.6) is 0 Å². The van der Waals surface area contributed by atoms with E-state index in [1.54, 1.807) is 18.6 Å². The summed E-state index contributed by atoms with van der Waals surface area (Å²) < 4.78 is 0. The summed E-state index contributed by atoms with van der Waals surface area (Å²) in [5.74, 6) is -2.05. The minimum atomic E-state index is -2.65. The van der Waals surface area contributed by atoms with Crippen LogP contribution < -0.4 is 5.32 Å². The van der Waals surface area contributed by atoms with Crippen molar-refractivity contribution in [3.05, 3.63) is 18.1 Å². The number of aliphatic imine (C=N–C) groups is 1. The molecule has 1 aromatic rings. The molecule has 0 saturated heterocycles.